The SMILES string of the molecule is CCOCC1(CCl)CC2CCC1C2. The van der Waals surface area contributed by atoms with Crippen LogP contribution in [0.3, 0.4) is 0 Å². The van der Waals surface area contributed by atoms with E-state index in [-0.39, 0.29) is 0 Å². The maximum atomic E-state index is 6.11. The number of fused-ring (bicyclic) bond motifs is 2. The molecule has 2 bridgehead atoms. The van der Waals surface area contributed by atoms with Crippen LogP contribution in [-0.4, -0.2) is 19.1 Å². The monoisotopic (exact) mass is 202 g/mol. The minimum Gasteiger partial charge on any atom is -0.381 e. The van der Waals surface area contributed by atoms with Crippen molar-refractivity contribution in [1.29, 1.82) is 0 Å². The van der Waals surface area contributed by atoms with Gasteiger partial charge in [0, 0.05) is 17.9 Å². The second-order valence-electron chi connectivity index (χ2n) is 4.71. The molecule has 0 saturated heterocycles. The third kappa shape index (κ3) is 1.61. The fourth-order valence-corrected chi connectivity index (χ4v) is 3.65. The summed E-state index contributed by atoms with van der Waals surface area (Å²) in [5, 5.41) is 0. The van der Waals surface area contributed by atoms with Crippen molar-refractivity contribution in [2.75, 3.05) is 19.1 Å². The zero-order chi connectivity index (χ0) is 9.31. The van der Waals surface area contributed by atoms with Crippen LogP contribution in [0.25, 0.3) is 0 Å². The van der Waals surface area contributed by atoms with E-state index in [1.807, 2.05) is 0 Å². The van der Waals surface area contributed by atoms with Crippen molar-refractivity contribution >= 4 is 11.6 Å². The van der Waals surface area contributed by atoms with Gasteiger partial charge in [0.1, 0.15) is 0 Å². The summed E-state index contributed by atoms with van der Waals surface area (Å²) >= 11 is 6.11. The third-order valence-electron chi connectivity index (χ3n) is 3.96. The van der Waals surface area contributed by atoms with Crippen molar-refractivity contribution in [2.45, 2.75) is 32.6 Å². The van der Waals surface area contributed by atoms with Gasteiger partial charge in [-0.25, -0.2) is 0 Å². The predicted molar refractivity (Wildman–Crippen MR) is 55.1 cm³/mol. The molecular weight excluding hydrogens is 184 g/mol. The second-order valence-corrected chi connectivity index (χ2v) is 4.98. The van der Waals surface area contributed by atoms with E-state index < -0.39 is 0 Å². The fraction of sp³-hybridized carbons (Fsp3) is 1.00. The molecule has 2 saturated carbocycles. The average Bonchev–Trinajstić information content (AvgIpc) is 2.74. The highest BCUT2D eigenvalue weighted by molar-refractivity contribution is 6.18. The highest BCUT2D eigenvalue weighted by atomic mass is 35.5. The molecule has 0 N–H and O–H groups in total. The predicted octanol–water partition coefficient (Wildman–Crippen LogP) is 3.07. The van der Waals surface area contributed by atoms with Gasteiger partial charge in [0.2, 0.25) is 0 Å². The Kier molecular flexibility index (Phi) is 2.85. The molecule has 0 aromatic carbocycles. The topological polar surface area (TPSA) is 9.23 Å². The van der Waals surface area contributed by atoms with E-state index in [1.54, 1.807) is 0 Å². The molecule has 2 fully saturated rings. The summed E-state index contributed by atoms with van der Waals surface area (Å²) in [7, 11) is 0. The Bertz CT molecular complexity index is 183. The lowest BCUT2D eigenvalue weighted by Gasteiger charge is -2.35. The largest absolute Gasteiger partial charge is 0.381 e. The van der Waals surface area contributed by atoms with E-state index in [4.69, 9.17) is 16.3 Å². The standard InChI is InChI=1S/C11H19ClO/c1-2-13-8-11(7-12)6-9-3-4-10(11)5-9/h9-10H,2-8H2,1H3. The van der Waals surface area contributed by atoms with Crippen LogP contribution in [0.4, 0.5) is 0 Å². The van der Waals surface area contributed by atoms with Crippen molar-refractivity contribution < 1.29 is 4.74 Å². The van der Waals surface area contributed by atoms with Gasteiger partial charge in [0.05, 0.1) is 6.61 Å². The Morgan fingerprint density at radius 1 is 1.46 bits per heavy atom. The molecule has 0 heterocycles. The van der Waals surface area contributed by atoms with Crippen LogP contribution in [0.1, 0.15) is 32.6 Å². The zero-order valence-electron chi connectivity index (χ0n) is 8.39. The van der Waals surface area contributed by atoms with Crippen LogP contribution in [0, 0.1) is 17.3 Å². The van der Waals surface area contributed by atoms with Gasteiger partial charge in [-0.1, -0.05) is 6.42 Å². The molecule has 2 aliphatic carbocycles. The minimum absolute atomic E-state index is 0.348. The first-order chi connectivity index (χ1) is 6.30. The molecule has 2 aliphatic rings. The molecule has 0 spiro atoms. The molecule has 2 rings (SSSR count). The number of halogens is 1. The van der Waals surface area contributed by atoms with Crippen molar-refractivity contribution in [2.24, 2.45) is 17.3 Å². The van der Waals surface area contributed by atoms with Crippen LogP contribution in [-0.2, 0) is 4.74 Å². The Hall–Kier alpha value is 0.250. The van der Waals surface area contributed by atoms with Crippen LogP contribution < -0.4 is 0 Å². The number of alkyl halides is 1. The lowest BCUT2D eigenvalue weighted by molar-refractivity contribution is 0.0287. The normalized spacial score (nSPS) is 42.9. The molecule has 2 heteroatoms. The van der Waals surface area contributed by atoms with Gasteiger partial charge in [-0.3, -0.25) is 0 Å². The van der Waals surface area contributed by atoms with Crippen LogP contribution >= 0.6 is 11.6 Å². The molecule has 3 unspecified atom stereocenters. The van der Waals surface area contributed by atoms with Gasteiger partial charge >= 0.3 is 0 Å². The van der Waals surface area contributed by atoms with Crippen LogP contribution in [0.2, 0.25) is 0 Å². The highest BCUT2D eigenvalue weighted by Crippen LogP contribution is 2.56. The first kappa shape index (κ1) is 9.79. The van der Waals surface area contributed by atoms with Gasteiger partial charge in [-0.2, -0.15) is 0 Å². The third-order valence-corrected chi connectivity index (χ3v) is 4.49. The molecule has 0 radical (unpaired) electrons. The van der Waals surface area contributed by atoms with Crippen molar-refractivity contribution in [3.63, 3.8) is 0 Å². The number of hydrogen-bond acceptors (Lipinski definition) is 1. The summed E-state index contributed by atoms with van der Waals surface area (Å²) in [6.07, 6.45) is 5.57. The summed E-state index contributed by atoms with van der Waals surface area (Å²) in [6, 6.07) is 0. The van der Waals surface area contributed by atoms with E-state index in [2.05, 4.69) is 6.92 Å². The smallest absolute Gasteiger partial charge is 0.0536 e. The maximum absolute atomic E-state index is 6.11. The van der Waals surface area contributed by atoms with Crippen molar-refractivity contribution in [3.8, 4) is 0 Å². The molecule has 1 nitrogen and oxygen atoms in total. The Morgan fingerprint density at radius 2 is 2.31 bits per heavy atom. The summed E-state index contributed by atoms with van der Waals surface area (Å²) in [5.41, 5.74) is 0.348. The molecule has 3 atom stereocenters. The van der Waals surface area contributed by atoms with Gasteiger partial charge in [-0.15, -0.1) is 11.6 Å². The van der Waals surface area contributed by atoms with Gasteiger partial charge in [-0.05, 0) is 38.0 Å². The summed E-state index contributed by atoms with van der Waals surface area (Å²) in [5.74, 6) is 2.62. The minimum atomic E-state index is 0.348. The van der Waals surface area contributed by atoms with Crippen molar-refractivity contribution in [1.82, 2.24) is 0 Å². The zero-order valence-corrected chi connectivity index (χ0v) is 9.15. The quantitative estimate of drug-likeness (QED) is 0.637. The van der Waals surface area contributed by atoms with E-state index in [0.29, 0.717) is 5.41 Å². The first-order valence-electron chi connectivity index (χ1n) is 5.44. The number of ether oxygens (including phenoxy) is 1. The van der Waals surface area contributed by atoms with E-state index >= 15 is 0 Å². The van der Waals surface area contributed by atoms with E-state index in [1.165, 1.54) is 25.7 Å². The summed E-state index contributed by atoms with van der Waals surface area (Å²) in [4.78, 5) is 0. The molecule has 0 aromatic rings. The van der Waals surface area contributed by atoms with Crippen LogP contribution in [0.5, 0.6) is 0 Å². The Morgan fingerprint density at radius 3 is 2.77 bits per heavy atom. The average molecular weight is 203 g/mol. The van der Waals surface area contributed by atoms with Gasteiger partial charge in [0.15, 0.2) is 0 Å². The number of rotatable bonds is 4. The fourth-order valence-electron chi connectivity index (χ4n) is 3.24. The highest BCUT2D eigenvalue weighted by Gasteiger charge is 2.50. The van der Waals surface area contributed by atoms with E-state index in [9.17, 15) is 0 Å². The van der Waals surface area contributed by atoms with Gasteiger partial charge in [0.25, 0.3) is 0 Å². The second kappa shape index (κ2) is 3.78. The van der Waals surface area contributed by atoms with Gasteiger partial charge < -0.3 is 4.74 Å². The molecule has 0 aromatic heterocycles. The summed E-state index contributed by atoms with van der Waals surface area (Å²) < 4.78 is 5.58. The summed E-state index contributed by atoms with van der Waals surface area (Å²) in [6.45, 7) is 3.79. The molecular formula is C11H19ClO. The molecule has 0 aliphatic heterocycles. The maximum Gasteiger partial charge on any atom is 0.0536 e. The van der Waals surface area contributed by atoms with E-state index in [0.717, 1.165) is 30.9 Å². The lowest BCUT2D eigenvalue weighted by atomic mass is 9.75. The first-order valence-corrected chi connectivity index (χ1v) is 5.98. The molecule has 76 valence electrons. The molecule has 13 heavy (non-hydrogen) atoms. The number of hydrogen-bond donors (Lipinski definition) is 0. The van der Waals surface area contributed by atoms with Crippen LogP contribution in [0.15, 0.2) is 0 Å². The lowest BCUT2D eigenvalue weighted by Crippen LogP contribution is -2.34. The molecule has 0 amide bonds. The Balaban J connectivity index is 1.99. The van der Waals surface area contributed by atoms with Crippen molar-refractivity contribution in [3.05, 3.63) is 0 Å². The Labute approximate surface area is 85.8 Å².